The van der Waals surface area contributed by atoms with E-state index in [0.29, 0.717) is 0 Å². The Balaban J connectivity index is 2.20. The maximum atomic E-state index is 4.19. The minimum absolute atomic E-state index is 1.11. The average molecular weight is 245 g/mol. The van der Waals surface area contributed by atoms with Crippen molar-refractivity contribution in [2.75, 3.05) is 11.9 Å². The van der Waals surface area contributed by atoms with Crippen molar-refractivity contribution in [2.24, 2.45) is 0 Å². The van der Waals surface area contributed by atoms with Gasteiger partial charge in [-0.15, -0.1) is 0 Å². The Hall–Kier alpha value is -1.24. The summed E-state index contributed by atoms with van der Waals surface area (Å²) in [5, 5.41) is 0. The number of hydrogen-bond acceptors (Lipinski definition) is 1. The van der Waals surface area contributed by atoms with Crippen molar-refractivity contribution >= 4 is 5.69 Å². The molecule has 0 amide bonds. The van der Waals surface area contributed by atoms with Crippen molar-refractivity contribution in [3.8, 4) is 0 Å². The fourth-order valence-electron chi connectivity index (χ4n) is 2.11. The standard InChI is InChI=1S/C17H27N/c1-4-5-6-7-8-10-13-16(2)18(3)17-14-11-9-12-15-17/h9,11-12,14-15H,2,4-8,10,13H2,1,3H3. The van der Waals surface area contributed by atoms with Gasteiger partial charge in [-0.1, -0.05) is 63.8 Å². The molecule has 0 aliphatic rings. The van der Waals surface area contributed by atoms with Gasteiger partial charge in [-0.25, -0.2) is 0 Å². The van der Waals surface area contributed by atoms with E-state index in [9.17, 15) is 0 Å². The first-order valence-electron chi connectivity index (χ1n) is 7.22. The van der Waals surface area contributed by atoms with Gasteiger partial charge >= 0.3 is 0 Å². The van der Waals surface area contributed by atoms with Crippen molar-refractivity contribution in [1.82, 2.24) is 0 Å². The molecule has 1 heteroatoms. The second-order valence-electron chi connectivity index (χ2n) is 4.98. The van der Waals surface area contributed by atoms with Crippen molar-refractivity contribution in [3.05, 3.63) is 42.6 Å². The zero-order chi connectivity index (χ0) is 13.2. The van der Waals surface area contributed by atoms with Gasteiger partial charge in [-0.2, -0.15) is 0 Å². The Kier molecular flexibility index (Phi) is 7.24. The van der Waals surface area contributed by atoms with Crippen LogP contribution in [0.5, 0.6) is 0 Å². The second-order valence-corrected chi connectivity index (χ2v) is 4.98. The summed E-state index contributed by atoms with van der Waals surface area (Å²) >= 11 is 0. The lowest BCUT2D eigenvalue weighted by Gasteiger charge is -2.21. The van der Waals surface area contributed by atoms with Crippen LogP contribution in [0.3, 0.4) is 0 Å². The molecule has 0 unspecified atom stereocenters. The number of benzene rings is 1. The fraction of sp³-hybridized carbons (Fsp3) is 0.529. The largest absolute Gasteiger partial charge is 0.349 e. The van der Waals surface area contributed by atoms with Gasteiger partial charge in [0, 0.05) is 18.4 Å². The van der Waals surface area contributed by atoms with Gasteiger partial charge in [0.1, 0.15) is 0 Å². The lowest BCUT2D eigenvalue weighted by atomic mass is 10.1. The molecule has 0 aliphatic heterocycles. The number of anilines is 1. The monoisotopic (exact) mass is 245 g/mol. The molecule has 0 aromatic heterocycles. The van der Waals surface area contributed by atoms with E-state index in [1.54, 1.807) is 0 Å². The summed E-state index contributed by atoms with van der Waals surface area (Å²) in [7, 11) is 2.11. The third-order valence-corrected chi connectivity index (χ3v) is 3.44. The Morgan fingerprint density at radius 3 is 2.28 bits per heavy atom. The van der Waals surface area contributed by atoms with Gasteiger partial charge in [-0.05, 0) is 25.0 Å². The minimum atomic E-state index is 1.11. The topological polar surface area (TPSA) is 3.24 Å². The maximum Gasteiger partial charge on any atom is 0.0405 e. The van der Waals surface area contributed by atoms with Crippen LogP contribution < -0.4 is 4.90 Å². The van der Waals surface area contributed by atoms with E-state index < -0.39 is 0 Å². The predicted molar refractivity (Wildman–Crippen MR) is 82.0 cm³/mol. The van der Waals surface area contributed by atoms with E-state index >= 15 is 0 Å². The van der Waals surface area contributed by atoms with E-state index in [1.165, 1.54) is 49.9 Å². The molecule has 0 saturated heterocycles. The molecule has 100 valence electrons. The second kappa shape index (κ2) is 8.79. The lowest BCUT2D eigenvalue weighted by molar-refractivity contribution is 0.604. The summed E-state index contributed by atoms with van der Waals surface area (Å²) in [6.07, 6.45) is 9.17. The number of nitrogens with zero attached hydrogens (tertiary/aromatic N) is 1. The number of para-hydroxylation sites is 1. The first kappa shape index (κ1) is 14.8. The highest BCUT2D eigenvalue weighted by atomic mass is 15.1. The van der Waals surface area contributed by atoms with Crippen LogP contribution in [0.2, 0.25) is 0 Å². The van der Waals surface area contributed by atoms with Crippen molar-refractivity contribution < 1.29 is 0 Å². The summed E-state index contributed by atoms with van der Waals surface area (Å²) in [6, 6.07) is 10.5. The van der Waals surface area contributed by atoms with E-state index in [-0.39, 0.29) is 0 Å². The molecule has 0 N–H and O–H groups in total. The van der Waals surface area contributed by atoms with Gasteiger partial charge < -0.3 is 4.90 Å². The molecule has 0 bridgehead atoms. The normalized spacial score (nSPS) is 10.3. The van der Waals surface area contributed by atoms with Gasteiger partial charge in [0.15, 0.2) is 0 Å². The van der Waals surface area contributed by atoms with Crippen LogP contribution in [0.1, 0.15) is 51.9 Å². The molecule has 0 fully saturated rings. The van der Waals surface area contributed by atoms with Crippen LogP contribution in [-0.2, 0) is 0 Å². The van der Waals surface area contributed by atoms with Gasteiger partial charge in [0.2, 0.25) is 0 Å². The molecule has 0 atom stereocenters. The van der Waals surface area contributed by atoms with Crippen LogP contribution in [0.15, 0.2) is 42.6 Å². The molecule has 1 aromatic carbocycles. The molecule has 1 aromatic rings. The van der Waals surface area contributed by atoms with Gasteiger partial charge in [-0.3, -0.25) is 0 Å². The first-order chi connectivity index (χ1) is 8.75. The Morgan fingerprint density at radius 1 is 1.00 bits per heavy atom. The molecule has 0 spiro atoms. The minimum Gasteiger partial charge on any atom is -0.349 e. The molecular weight excluding hydrogens is 218 g/mol. The maximum absolute atomic E-state index is 4.19. The molecule has 0 saturated carbocycles. The first-order valence-corrected chi connectivity index (χ1v) is 7.22. The number of rotatable bonds is 9. The van der Waals surface area contributed by atoms with Crippen LogP contribution in [0.4, 0.5) is 5.69 Å². The lowest BCUT2D eigenvalue weighted by Crippen LogP contribution is -2.15. The van der Waals surface area contributed by atoms with E-state index in [2.05, 4.69) is 49.7 Å². The molecule has 0 radical (unpaired) electrons. The van der Waals surface area contributed by atoms with Crippen molar-refractivity contribution in [2.45, 2.75) is 51.9 Å². The van der Waals surface area contributed by atoms with Crippen LogP contribution >= 0.6 is 0 Å². The summed E-state index contributed by atoms with van der Waals surface area (Å²) < 4.78 is 0. The van der Waals surface area contributed by atoms with Crippen molar-refractivity contribution in [1.29, 1.82) is 0 Å². The van der Waals surface area contributed by atoms with E-state index in [1.807, 2.05) is 6.07 Å². The summed E-state index contributed by atoms with van der Waals surface area (Å²) in [4.78, 5) is 2.20. The smallest absolute Gasteiger partial charge is 0.0405 e. The third-order valence-electron chi connectivity index (χ3n) is 3.44. The molecule has 0 heterocycles. The molecule has 1 nitrogen and oxygen atoms in total. The summed E-state index contributed by atoms with van der Waals surface area (Å²) in [5.74, 6) is 0. The highest BCUT2D eigenvalue weighted by Crippen LogP contribution is 2.19. The highest BCUT2D eigenvalue weighted by Gasteiger charge is 2.03. The summed E-state index contributed by atoms with van der Waals surface area (Å²) in [5.41, 5.74) is 2.45. The molecule has 0 aliphatic carbocycles. The van der Waals surface area contributed by atoms with Gasteiger partial charge in [0.25, 0.3) is 0 Å². The van der Waals surface area contributed by atoms with Crippen LogP contribution in [0.25, 0.3) is 0 Å². The molecule has 1 rings (SSSR count). The number of allylic oxidation sites excluding steroid dienone is 1. The molecule has 18 heavy (non-hydrogen) atoms. The SMILES string of the molecule is C=C(CCCCCCCC)N(C)c1ccccc1. The van der Waals surface area contributed by atoms with Crippen LogP contribution in [0, 0.1) is 0 Å². The Labute approximate surface area is 113 Å². The van der Waals surface area contributed by atoms with E-state index in [4.69, 9.17) is 0 Å². The average Bonchev–Trinajstić information content (AvgIpc) is 2.42. The van der Waals surface area contributed by atoms with E-state index in [0.717, 1.165) is 6.42 Å². The zero-order valence-corrected chi connectivity index (χ0v) is 12.0. The quantitative estimate of drug-likeness (QED) is 0.527. The summed E-state index contributed by atoms with van der Waals surface area (Å²) in [6.45, 7) is 6.45. The highest BCUT2D eigenvalue weighted by molar-refractivity contribution is 5.50. The van der Waals surface area contributed by atoms with Crippen LogP contribution in [-0.4, -0.2) is 7.05 Å². The molecular formula is C17H27N. The zero-order valence-electron chi connectivity index (χ0n) is 12.0. The van der Waals surface area contributed by atoms with Gasteiger partial charge in [0.05, 0.1) is 0 Å². The number of unbranched alkanes of at least 4 members (excludes halogenated alkanes) is 5. The Bertz CT molecular complexity index is 329. The fourth-order valence-corrected chi connectivity index (χ4v) is 2.11. The Morgan fingerprint density at radius 2 is 1.61 bits per heavy atom. The third kappa shape index (κ3) is 5.39. The number of hydrogen-bond donors (Lipinski definition) is 0. The van der Waals surface area contributed by atoms with Crippen molar-refractivity contribution in [3.63, 3.8) is 0 Å². The predicted octanol–water partition coefficient (Wildman–Crippen LogP) is 5.39.